The third-order valence-corrected chi connectivity index (χ3v) is 3.62. The largest absolute Gasteiger partial charge is 0.340 e. The van der Waals surface area contributed by atoms with E-state index in [2.05, 4.69) is 58.0 Å². The summed E-state index contributed by atoms with van der Waals surface area (Å²) in [6.45, 7) is 5.61. The first-order valence-electron chi connectivity index (χ1n) is 8.30. The molecule has 0 atom stereocenters. The molecule has 0 bridgehead atoms. The Labute approximate surface area is 152 Å². The Hall–Kier alpha value is -3.41. The monoisotopic (exact) mass is 347 g/mol. The Morgan fingerprint density at radius 1 is 0.808 bits per heavy atom. The molecule has 1 amide bonds. The predicted molar refractivity (Wildman–Crippen MR) is 105 cm³/mol. The standard InChI is InChI=1S/C20H21N5O/c1-13-7-14(2)9-18(8-13)25-20-11-19(21-12-22-20)24-17-6-4-5-16(10-17)23-15(3)26/h4-12H,1-3H3,(H,23,26)(H2,21,22,24,25). The third-order valence-electron chi connectivity index (χ3n) is 3.62. The molecule has 0 unspecified atom stereocenters. The van der Waals surface area contributed by atoms with Crippen LogP contribution in [0.25, 0.3) is 0 Å². The molecule has 3 N–H and O–H groups in total. The molecule has 2 aromatic carbocycles. The van der Waals surface area contributed by atoms with E-state index in [0.717, 1.165) is 17.1 Å². The highest BCUT2D eigenvalue weighted by Crippen LogP contribution is 2.22. The first kappa shape index (κ1) is 17.4. The van der Waals surface area contributed by atoms with Crippen molar-refractivity contribution in [3.05, 3.63) is 66.0 Å². The second-order valence-electron chi connectivity index (χ2n) is 6.18. The topological polar surface area (TPSA) is 78.9 Å². The minimum atomic E-state index is -0.107. The average Bonchev–Trinajstić information content (AvgIpc) is 2.54. The van der Waals surface area contributed by atoms with E-state index in [4.69, 9.17) is 0 Å². The molecule has 0 saturated heterocycles. The summed E-state index contributed by atoms with van der Waals surface area (Å²) in [5.41, 5.74) is 4.92. The summed E-state index contributed by atoms with van der Waals surface area (Å²) >= 11 is 0. The molecular formula is C20H21N5O. The van der Waals surface area contributed by atoms with Crippen molar-refractivity contribution in [2.45, 2.75) is 20.8 Å². The van der Waals surface area contributed by atoms with Gasteiger partial charge in [-0.2, -0.15) is 0 Å². The molecule has 0 spiro atoms. The van der Waals surface area contributed by atoms with Gasteiger partial charge in [0.05, 0.1) is 0 Å². The van der Waals surface area contributed by atoms with Crippen LogP contribution in [0.1, 0.15) is 18.1 Å². The van der Waals surface area contributed by atoms with Gasteiger partial charge >= 0.3 is 0 Å². The van der Waals surface area contributed by atoms with E-state index < -0.39 is 0 Å². The Morgan fingerprint density at radius 3 is 2.08 bits per heavy atom. The number of carbonyl (C=O) groups excluding carboxylic acids is 1. The van der Waals surface area contributed by atoms with E-state index >= 15 is 0 Å². The van der Waals surface area contributed by atoms with Crippen LogP contribution in [0.5, 0.6) is 0 Å². The molecule has 6 heteroatoms. The van der Waals surface area contributed by atoms with Gasteiger partial charge in [-0.3, -0.25) is 4.79 Å². The summed E-state index contributed by atoms with van der Waals surface area (Å²) in [7, 11) is 0. The Bertz CT molecular complexity index is 919. The molecule has 26 heavy (non-hydrogen) atoms. The van der Waals surface area contributed by atoms with Gasteiger partial charge in [-0.1, -0.05) is 12.1 Å². The summed E-state index contributed by atoms with van der Waals surface area (Å²) < 4.78 is 0. The van der Waals surface area contributed by atoms with Crippen LogP contribution in [0, 0.1) is 13.8 Å². The number of rotatable bonds is 5. The molecule has 0 aliphatic rings. The number of hydrogen-bond acceptors (Lipinski definition) is 5. The van der Waals surface area contributed by atoms with E-state index in [9.17, 15) is 4.79 Å². The molecule has 1 heterocycles. The van der Waals surface area contributed by atoms with Gasteiger partial charge in [-0.05, 0) is 55.3 Å². The molecule has 132 valence electrons. The van der Waals surface area contributed by atoms with Gasteiger partial charge in [-0.15, -0.1) is 0 Å². The summed E-state index contributed by atoms with van der Waals surface area (Å²) in [5.74, 6) is 1.25. The molecule has 0 aliphatic heterocycles. The predicted octanol–water partition coefficient (Wildman–Crippen LogP) is 4.54. The molecule has 0 saturated carbocycles. The minimum absolute atomic E-state index is 0.107. The van der Waals surface area contributed by atoms with E-state index in [1.54, 1.807) is 0 Å². The Morgan fingerprint density at radius 2 is 1.42 bits per heavy atom. The Kier molecular flexibility index (Phi) is 5.12. The first-order chi connectivity index (χ1) is 12.5. The number of carbonyl (C=O) groups is 1. The van der Waals surface area contributed by atoms with Gasteiger partial charge in [0.1, 0.15) is 18.0 Å². The molecule has 0 aliphatic carbocycles. The molecular weight excluding hydrogens is 326 g/mol. The maximum atomic E-state index is 11.2. The highest BCUT2D eigenvalue weighted by molar-refractivity contribution is 5.89. The van der Waals surface area contributed by atoms with Crippen molar-refractivity contribution in [1.82, 2.24) is 9.97 Å². The van der Waals surface area contributed by atoms with Crippen LogP contribution >= 0.6 is 0 Å². The fraction of sp³-hybridized carbons (Fsp3) is 0.150. The van der Waals surface area contributed by atoms with Crippen molar-refractivity contribution >= 4 is 34.6 Å². The number of aromatic nitrogens is 2. The van der Waals surface area contributed by atoms with Crippen molar-refractivity contribution in [3.8, 4) is 0 Å². The van der Waals surface area contributed by atoms with Crippen molar-refractivity contribution in [2.75, 3.05) is 16.0 Å². The summed E-state index contributed by atoms with van der Waals surface area (Å²) in [5, 5.41) is 9.29. The van der Waals surface area contributed by atoms with Crippen LogP contribution in [0.15, 0.2) is 54.9 Å². The Balaban J connectivity index is 1.76. The summed E-state index contributed by atoms with van der Waals surface area (Å²) in [4.78, 5) is 19.7. The number of nitrogens with zero attached hydrogens (tertiary/aromatic N) is 2. The van der Waals surface area contributed by atoms with Crippen molar-refractivity contribution in [2.24, 2.45) is 0 Å². The van der Waals surface area contributed by atoms with Gasteiger partial charge in [0.15, 0.2) is 0 Å². The molecule has 0 radical (unpaired) electrons. The van der Waals surface area contributed by atoms with E-state index in [-0.39, 0.29) is 5.91 Å². The smallest absolute Gasteiger partial charge is 0.221 e. The third kappa shape index (κ3) is 4.80. The summed E-state index contributed by atoms with van der Waals surface area (Å²) in [6, 6.07) is 15.6. The normalized spacial score (nSPS) is 10.3. The number of anilines is 5. The molecule has 0 fully saturated rings. The zero-order chi connectivity index (χ0) is 18.5. The molecule has 6 nitrogen and oxygen atoms in total. The van der Waals surface area contributed by atoms with Crippen LogP contribution in [0.2, 0.25) is 0 Å². The molecule has 3 aromatic rings. The number of hydrogen-bond donors (Lipinski definition) is 3. The highest BCUT2D eigenvalue weighted by Gasteiger charge is 2.03. The van der Waals surface area contributed by atoms with Gasteiger partial charge in [0, 0.05) is 30.1 Å². The first-order valence-corrected chi connectivity index (χ1v) is 8.30. The van der Waals surface area contributed by atoms with Crippen LogP contribution in [-0.4, -0.2) is 15.9 Å². The van der Waals surface area contributed by atoms with Crippen LogP contribution in [0.4, 0.5) is 28.7 Å². The minimum Gasteiger partial charge on any atom is -0.340 e. The van der Waals surface area contributed by atoms with Gasteiger partial charge in [0.2, 0.25) is 5.91 Å². The molecule has 3 rings (SSSR count). The van der Waals surface area contributed by atoms with Gasteiger partial charge in [-0.25, -0.2) is 9.97 Å². The lowest BCUT2D eigenvalue weighted by Crippen LogP contribution is -2.06. The second-order valence-corrected chi connectivity index (χ2v) is 6.18. The van der Waals surface area contributed by atoms with Crippen LogP contribution < -0.4 is 16.0 Å². The SMILES string of the molecule is CC(=O)Nc1cccc(Nc2cc(Nc3cc(C)cc(C)c3)ncn2)c1. The van der Waals surface area contributed by atoms with Crippen molar-refractivity contribution in [3.63, 3.8) is 0 Å². The fourth-order valence-electron chi connectivity index (χ4n) is 2.71. The average molecular weight is 347 g/mol. The lowest BCUT2D eigenvalue weighted by molar-refractivity contribution is -0.114. The summed E-state index contributed by atoms with van der Waals surface area (Å²) in [6.07, 6.45) is 1.50. The van der Waals surface area contributed by atoms with Crippen molar-refractivity contribution < 1.29 is 4.79 Å². The van der Waals surface area contributed by atoms with Gasteiger partial charge in [0.25, 0.3) is 0 Å². The fourth-order valence-corrected chi connectivity index (χ4v) is 2.71. The second kappa shape index (κ2) is 7.65. The van der Waals surface area contributed by atoms with E-state index in [1.807, 2.05) is 30.3 Å². The van der Waals surface area contributed by atoms with E-state index in [0.29, 0.717) is 11.6 Å². The zero-order valence-corrected chi connectivity index (χ0v) is 15.0. The van der Waals surface area contributed by atoms with Crippen LogP contribution in [0.3, 0.4) is 0 Å². The van der Waals surface area contributed by atoms with E-state index in [1.165, 1.54) is 24.4 Å². The zero-order valence-electron chi connectivity index (χ0n) is 15.0. The van der Waals surface area contributed by atoms with Gasteiger partial charge < -0.3 is 16.0 Å². The maximum absolute atomic E-state index is 11.2. The highest BCUT2D eigenvalue weighted by atomic mass is 16.1. The van der Waals surface area contributed by atoms with Crippen LogP contribution in [-0.2, 0) is 4.79 Å². The molecule has 1 aromatic heterocycles. The number of amides is 1. The lowest BCUT2D eigenvalue weighted by atomic mass is 10.1. The van der Waals surface area contributed by atoms with Crippen molar-refractivity contribution in [1.29, 1.82) is 0 Å². The lowest BCUT2D eigenvalue weighted by Gasteiger charge is -2.11. The number of benzene rings is 2. The number of nitrogens with one attached hydrogen (secondary N) is 3. The maximum Gasteiger partial charge on any atom is 0.221 e. The quantitative estimate of drug-likeness (QED) is 0.631. The number of aryl methyl sites for hydroxylation is 2.